The maximum absolute atomic E-state index is 14.3. The van der Waals surface area contributed by atoms with Crippen LogP contribution < -0.4 is 5.32 Å². The van der Waals surface area contributed by atoms with Gasteiger partial charge in [-0.2, -0.15) is 0 Å². The molecule has 2 aliphatic carbocycles. The Morgan fingerprint density at radius 2 is 1.83 bits per heavy atom. The number of rotatable bonds is 4. The topological polar surface area (TPSA) is 75.6 Å². The molecule has 2 aromatic carbocycles. The molecule has 35 heavy (non-hydrogen) atoms. The van der Waals surface area contributed by atoms with E-state index in [1.54, 1.807) is 31.2 Å². The summed E-state index contributed by atoms with van der Waals surface area (Å²) in [6, 6.07) is 11.8. The highest BCUT2D eigenvalue weighted by molar-refractivity contribution is 6.04. The van der Waals surface area contributed by atoms with Gasteiger partial charge in [0, 0.05) is 29.3 Å². The highest BCUT2D eigenvalue weighted by Crippen LogP contribution is 2.46. The van der Waals surface area contributed by atoms with Crippen LogP contribution >= 0.6 is 0 Å². The SMILES string of the molecule is CC1=C(C(=O)OC2CCCC2)C(c2cccc(O)c2)C2=C(CC(c3ccc(C)c(F)c3)CC2=O)N1. The molecule has 0 spiro atoms. The Morgan fingerprint density at radius 3 is 2.54 bits per heavy atom. The van der Waals surface area contributed by atoms with E-state index in [-0.39, 0.29) is 35.8 Å². The third kappa shape index (κ3) is 4.49. The lowest BCUT2D eigenvalue weighted by atomic mass is 9.71. The molecule has 0 bridgehead atoms. The number of esters is 1. The van der Waals surface area contributed by atoms with Gasteiger partial charge < -0.3 is 15.2 Å². The number of ketones is 1. The number of carbonyl (C=O) groups excluding carboxylic acids is 2. The molecule has 2 N–H and O–H groups in total. The molecule has 3 aliphatic rings. The Bertz CT molecular complexity index is 1260. The third-order valence-corrected chi connectivity index (χ3v) is 7.49. The first-order valence-electron chi connectivity index (χ1n) is 12.3. The number of hydrogen-bond acceptors (Lipinski definition) is 5. The van der Waals surface area contributed by atoms with E-state index < -0.39 is 11.9 Å². The average molecular weight is 476 g/mol. The molecule has 1 heterocycles. The van der Waals surface area contributed by atoms with Crippen LogP contribution in [0.2, 0.25) is 0 Å². The van der Waals surface area contributed by atoms with E-state index in [4.69, 9.17) is 4.74 Å². The first kappa shape index (κ1) is 23.3. The van der Waals surface area contributed by atoms with Crippen molar-refractivity contribution in [3.63, 3.8) is 0 Å². The molecular weight excluding hydrogens is 445 g/mol. The number of hydrogen-bond donors (Lipinski definition) is 2. The Kier molecular flexibility index (Phi) is 6.22. The van der Waals surface area contributed by atoms with E-state index in [0.29, 0.717) is 34.4 Å². The first-order chi connectivity index (χ1) is 16.8. The van der Waals surface area contributed by atoms with Crippen molar-refractivity contribution in [2.24, 2.45) is 0 Å². The van der Waals surface area contributed by atoms with Crippen LogP contribution in [0, 0.1) is 12.7 Å². The summed E-state index contributed by atoms with van der Waals surface area (Å²) in [4.78, 5) is 27.0. The van der Waals surface area contributed by atoms with Crippen LogP contribution in [0.4, 0.5) is 4.39 Å². The Balaban J connectivity index is 1.54. The number of phenols is 1. The maximum Gasteiger partial charge on any atom is 0.337 e. The average Bonchev–Trinajstić information content (AvgIpc) is 3.32. The Hall–Kier alpha value is -3.41. The summed E-state index contributed by atoms with van der Waals surface area (Å²) in [6.45, 7) is 3.54. The molecule has 5 rings (SSSR count). The smallest absolute Gasteiger partial charge is 0.337 e. The zero-order valence-electron chi connectivity index (χ0n) is 20.1. The maximum atomic E-state index is 14.3. The molecule has 2 aromatic rings. The highest BCUT2D eigenvalue weighted by Gasteiger charge is 2.42. The summed E-state index contributed by atoms with van der Waals surface area (Å²) < 4.78 is 20.1. The fraction of sp³-hybridized carbons (Fsp3) is 0.379. The second-order valence-corrected chi connectivity index (χ2v) is 9.93. The van der Waals surface area contributed by atoms with Crippen molar-refractivity contribution in [2.45, 2.75) is 70.3 Å². The Morgan fingerprint density at radius 1 is 1.06 bits per heavy atom. The van der Waals surface area contributed by atoms with Crippen molar-refractivity contribution in [2.75, 3.05) is 0 Å². The second-order valence-electron chi connectivity index (χ2n) is 9.93. The normalized spacial score (nSPS) is 22.8. The van der Waals surface area contributed by atoms with Crippen LogP contribution in [-0.2, 0) is 14.3 Å². The first-order valence-corrected chi connectivity index (χ1v) is 12.3. The highest BCUT2D eigenvalue weighted by atomic mass is 19.1. The molecule has 1 aliphatic heterocycles. The van der Waals surface area contributed by atoms with Crippen LogP contribution in [0.1, 0.15) is 74.0 Å². The standard InChI is InChI=1S/C29H30FNO4/c1-16-10-11-18(13-23(16)30)20-14-24-28(25(33)15-20)27(19-6-5-7-21(32)12-19)26(17(2)31-24)29(34)35-22-8-3-4-9-22/h5-7,10-13,20,22,27,31-32H,3-4,8-9,14-15H2,1-2H3. The van der Waals surface area contributed by atoms with Crippen molar-refractivity contribution < 1.29 is 23.8 Å². The zero-order chi connectivity index (χ0) is 24.7. The monoisotopic (exact) mass is 475 g/mol. The lowest BCUT2D eigenvalue weighted by Gasteiger charge is -2.37. The number of dihydropyridines is 1. The van der Waals surface area contributed by atoms with Crippen LogP contribution in [0.15, 0.2) is 65.0 Å². The predicted molar refractivity (Wildman–Crippen MR) is 130 cm³/mol. The van der Waals surface area contributed by atoms with E-state index in [2.05, 4.69) is 5.32 Å². The minimum Gasteiger partial charge on any atom is -0.508 e. The largest absolute Gasteiger partial charge is 0.508 e. The number of allylic oxidation sites excluding steroid dienone is 3. The van der Waals surface area contributed by atoms with Crippen molar-refractivity contribution >= 4 is 11.8 Å². The van der Waals surface area contributed by atoms with Gasteiger partial charge in [0.15, 0.2) is 5.78 Å². The van der Waals surface area contributed by atoms with Crippen LogP contribution in [0.25, 0.3) is 0 Å². The van der Waals surface area contributed by atoms with Crippen LogP contribution in [0.3, 0.4) is 0 Å². The summed E-state index contributed by atoms with van der Waals surface area (Å²) in [7, 11) is 0. The fourth-order valence-electron chi connectivity index (χ4n) is 5.67. The number of aromatic hydroxyl groups is 1. The van der Waals surface area contributed by atoms with E-state index >= 15 is 0 Å². The number of aryl methyl sites for hydroxylation is 1. The van der Waals surface area contributed by atoms with E-state index in [1.165, 1.54) is 6.07 Å². The zero-order valence-corrected chi connectivity index (χ0v) is 20.1. The minimum atomic E-state index is -0.629. The molecular formula is C29H30FNO4. The summed E-state index contributed by atoms with van der Waals surface area (Å²) in [5, 5.41) is 13.5. The van der Waals surface area contributed by atoms with Gasteiger partial charge in [-0.3, -0.25) is 4.79 Å². The van der Waals surface area contributed by atoms with Crippen molar-refractivity contribution in [1.82, 2.24) is 5.32 Å². The molecule has 0 aromatic heterocycles. The lowest BCUT2D eigenvalue weighted by Crippen LogP contribution is -2.36. The van der Waals surface area contributed by atoms with Gasteiger partial charge in [-0.15, -0.1) is 0 Å². The summed E-state index contributed by atoms with van der Waals surface area (Å²) >= 11 is 0. The molecule has 5 nitrogen and oxygen atoms in total. The van der Waals surface area contributed by atoms with Gasteiger partial charge in [-0.25, -0.2) is 9.18 Å². The molecule has 6 heteroatoms. The van der Waals surface area contributed by atoms with Crippen molar-refractivity contribution in [3.8, 4) is 5.75 Å². The lowest BCUT2D eigenvalue weighted by molar-refractivity contribution is -0.144. The fourth-order valence-corrected chi connectivity index (χ4v) is 5.67. The molecule has 2 unspecified atom stereocenters. The van der Waals surface area contributed by atoms with Crippen LogP contribution in [0.5, 0.6) is 5.75 Å². The summed E-state index contributed by atoms with van der Waals surface area (Å²) in [5.74, 6) is -1.50. The van der Waals surface area contributed by atoms with Gasteiger partial charge in [0.1, 0.15) is 17.7 Å². The van der Waals surface area contributed by atoms with Gasteiger partial charge >= 0.3 is 5.97 Å². The van der Waals surface area contributed by atoms with E-state index in [0.717, 1.165) is 36.9 Å². The summed E-state index contributed by atoms with van der Waals surface area (Å²) in [5.41, 5.74) is 4.36. The number of carbonyl (C=O) groups is 2. The van der Waals surface area contributed by atoms with Crippen LogP contribution in [-0.4, -0.2) is 23.0 Å². The van der Waals surface area contributed by atoms with Crippen molar-refractivity contribution in [1.29, 1.82) is 0 Å². The quantitative estimate of drug-likeness (QED) is 0.556. The number of Topliss-reactive ketones (excluding diaryl/α,β-unsaturated/α-hetero) is 1. The molecule has 0 amide bonds. The number of benzene rings is 2. The van der Waals surface area contributed by atoms with Gasteiger partial charge in [-0.05, 0) is 86.8 Å². The van der Waals surface area contributed by atoms with E-state index in [1.807, 2.05) is 19.1 Å². The second kappa shape index (κ2) is 9.33. The van der Waals surface area contributed by atoms with Gasteiger partial charge in [0.2, 0.25) is 0 Å². The van der Waals surface area contributed by atoms with Gasteiger partial charge in [0.05, 0.1) is 5.57 Å². The van der Waals surface area contributed by atoms with Crippen molar-refractivity contribution in [3.05, 3.63) is 87.5 Å². The molecule has 1 fully saturated rings. The molecule has 0 radical (unpaired) electrons. The van der Waals surface area contributed by atoms with E-state index in [9.17, 15) is 19.1 Å². The minimum absolute atomic E-state index is 0.0700. The number of nitrogens with one attached hydrogen (secondary N) is 1. The van der Waals surface area contributed by atoms with Gasteiger partial charge in [-0.1, -0.05) is 24.3 Å². The third-order valence-electron chi connectivity index (χ3n) is 7.49. The predicted octanol–water partition coefficient (Wildman–Crippen LogP) is 5.69. The molecule has 1 saturated carbocycles. The number of phenolic OH excluding ortho intramolecular Hbond substituents is 1. The number of halogens is 1. The van der Waals surface area contributed by atoms with Gasteiger partial charge in [0.25, 0.3) is 0 Å². The molecule has 2 atom stereocenters. The molecule has 0 saturated heterocycles. The summed E-state index contributed by atoms with van der Waals surface area (Å²) in [6.07, 6.45) is 4.43. The molecule has 182 valence electrons. The number of ether oxygens (including phenoxy) is 1. The Labute approximate surface area is 204 Å².